The van der Waals surface area contributed by atoms with Crippen molar-refractivity contribution >= 4 is 38.1 Å². The molecule has 0 heterocycles. The molecule has 128 valence electrons. The lowest BCUT2D eigenvalue weighted by Gasteiger charge is -2.25. The van der Waals surface area contributed by atoms with Gasteiger partial charge in [-0.25, -0.2) is 0 Å². The molecule has 0 saturated heterocycles. The van der Waals surface area contributed by atoms with Crippen LogP contribution in [0.1, 0.15) is 26.3 Å². The number of rotatable bonds is 4. The van der Waals surface area contributed by atoms with Crippen molar-refractivity contribution in [3.05, 3.63) is 50.9 Å². The van der Waals surface area contributed by atoms with Crippen molar-refractivity contribution in [1.82, 2.24) is 0 Å². The van der Waals surface area contributed by atoms with Gasteiger partial charge in [-0.2, -0.15) is 0 Å². The minimum absolute atomic E-state index is 0.0334. The fraction of sp³-hybridized carbons (Fsp3) is 0.316. The number of benzene rings is 2. The largest absolute Gasteiger partial charge is 0.507 e. The Kier molecular flexibility index (Phi) is 6.23. The molecule has 0 saturated carbocycles. The average molecular weight is 455 g/mol. The molecule has 24 heavy (non-hydrogen) atoms. The van der Waals surface area contributed by atoms with Crippen LogP contribution in [-0.2, 0) is 0 Å². The predicted octanol–water partition coefficient (Wildman–Crippen LogP) is 5.41. The van der Waals surface area contributed by atoms with Gasteiger partial charge in [-0.1, -0.05) is 64.8 Å². The lowest BCUT2D eigenvalue weighted by Crippen LogP contribution is -2.28. The van der Waals surface area contributed by atoms with Crippen molar-refractivity contribution in [2.75, 3.05) is 6.61 Å². The topological polar surface area (TPSA) is 52.8 Å². The zero-order valence-electron chi connectivity index (χ0n) is 13.9. The van der Waals surface area contributed by atoms with Gasteiger partial charge in [-0.3, -0.25) is 4.99 Å². The standard InChI is InChI=1S/C19H21Br2NO2/c1-19(2,3)17(11-23)22-10-13-8-15(21)9-16(18(13)24)12-4-6-14(20)7-5-12/h4-10,17,23-24H,11H2,1-3H3/t17-/m1/s1. The third-order valence-corrected chi connectivity index (χ3v) is 4.81. The Bertz CT molecular complexity index is 734. The van der Waals surface area contributed by atoms with Crippen LogP contribution in [0.15, 0.2) is 50.3 Å². The highest BCUT2D eigenvalue weighted by Crippen LogP contribution is 2.35. The van der Waals surface area contributed by atoms with E-state index >= 15 is 0 Å². The maximum Gasteiger partial charge on any atom is 0.132 e. The summed E-state index contributed by atoms with van der Waals surface area (Å²) in [6, 6.07) is 11.2. The van der Waals surface area contributed by atoms with E-state index in [2.05, 4.69) is 36.9 Å². The maximum absolute atomic E-state index is 10.6. The molecule has 0 aliphatic rings. The molecule has 1 atom stereocenters. The lowest BCUT2D eigenvalue weighted by molar-refractivity contribution is 0.191. The molecule has 2 aromatic carbocycles. The van der Waals surface area contributed by atoms with Gasteiger partial charge in [-0.15, -0.1) is 0 Å². The molecule has 0 aliphatic heterocycles. The molecule has 0 spiro atoms. The number of halogens is 2. The normalized spacial score (nSPS) is 13.4. The van der Waals surface area contributed by atoms with Gasteiger partial charge in [0.15, 0.2) is 0 Å². The van der Waals surface area contributed by atoms with Gasteiger partial charge in [0.05, 0.1) is 12.6 Å². The van der Waals surface area contributed by atoms with Gasteiger partial charge in [0.2, 0.25) is 0 Å². The average Bonchev–Trinajstić information content (AvgIpc) is 2.50. The number of nitrogens with zero attached hydrogens (tertiary/aromatic N) is 1. The summed E-state index contributed by atoms with van der Waals surface area (Å²) in [4.78, 5) is 4.47. The number of aromatic hydroxyl groups is 1. The maximum atomic E-state index is 10.6. The van der Waals surface area contributed by atoms with Gasteiger partial charge >= 0.3 is 0 Å². The van der Waals surface area contributed by atoms with Crippen molar-refractivity contribution in [2.24, 2.45) is 10.4 Å². The molecule has 0 bridgehead atoms. The second-order valence-corrected chi connectivity index (χ2v) is 8.57. The van der Waals surface area contributed by atoms with Crippen LogP contribution in [0.3, 0.4) is 0 Å². The van der Waals surface area contributed by atoms with Crippen LogP contribution in [0.2, 0.25) is 0 Å². The van der Waals surface area contributed by atoms with E-state index < -0.39 is 0 Å². The summed E-state index contributed by atoms with van der Waals surface area (Å²) in [5.74, 6) is 0.176. The number of aliphatic hydroxyl groups is 1. The molecule has 2 aromatic rings. The second kappa shape index (κ2) is 7.81. The van der Waals surface area contributed by atoms with E-state index in [1.165, 1.54) is 0 Å². The van der Waals surface area contributed by atoms with Gasteiger partial charge in [0.25, 0.3) is 0 Å². The number of phenolic OH excluding ortho intramolecular Hbond substituents is 1. The summed E-state index contributed by atoms with van der Waals surface area (Å²) in [6.45, 7) is 6.05. The molecule has 2 N–H and O–H groups in total. The zero-order chi connectivity index (χ0) is 17.9. The summed E-state index contributed by atoms with van der Waals surface area (Å²) in [5.41, 5.74) is 2.11. The molecule has 5 heteroatoms. The summed E-state index contributed by atoms with van der Waals surface area (Å²) in [5, 5.41) is 20.2. The predicted molar refractivity (Wildman–Crippen MR) is 107 cm³/mol. The Morgan fingerprint density at radius 1 is 1.08 bits per heavy atom. The van der Waals surface area contributed by atoms with Gasteiger partial charge < -0.3 is 10.2 Å². The number of aliphatic hydroxyl groups excluding tert-OH is 1. The van der Waals surface area contributed by atoms with E-state index in [1.807, 2.05) is 57.2 Å². The van der Waals surface area contributed by atoms with Crippen LogP contribution in [0.25, 0.3) is 11.1 Å². The lowest BCUT2D eigenvalue weighted by atomic mass is 9.88. The molecule has 2 rings (SSSR count). The number of aliphatic imine (C=N–C) groups is 1. The van der Waals surface area contributed by atoms with Crippen LogP contribution in [0.4, 0.5) is 0 Å². The Hall–Kier alpha value is -1.17. The van der Waals surface area contributed by atoms with Crippen molar-refractivity contribution in [3.8, 4) is 16.9 Å². The molecule has 0 fully saturated rings. The van der Waals surface area contributed by atoms with E-state index in [0.29, 0.717) is 5.56 Å². The van der Waals surface area contributed by atoms with E-state index in [1.54, 1.807) is 6.21 Å². The van der Waals surface area contributed by atoms with Gasteiger partial charge in [0, 0.05) is 26.3 Å². The first-order chi connectivity index (χ1) is 11.2. The van der Waals surface area contributed by atoms with Gasteiger partial charge in [-0.05, 0) is 35.2 Å². The molecular weight excluding hydrogens is 434 g/mol. The fourth-order valence-electron chi connectivity index (χ4n) is 2.28. The molecule has 0 radical (unpaired) electrons. The van der Waals surface area contributed by atoms with Crippen LogP contribution >= 0.6 is 31.9 Å². The van der Waals surface area contributed by atoms with Crippen molar-refractivity contribution in [2.45, 2.75) is 26.8 Å². The first-order valence-corrected chi connectivity index (χ1v) is 9.23. The SMILES string of the molecule is CC(C)(C)[C@@H](CO)N=Cc1cc(Br)cc(-c2ccc(Br)cc2)c1O. The van der Waals surface area contributed by atoms with Crippen LogP contribution in [0, 0.1) is 5.41 Å². The number of hydrogen-bond acceptors (Lipinski definition) is 3. The molecule has 0 amide bonds. The number of hydrogen-bond donors (Lipinski definition) is 2. The molecule has 0 aliphatic carbocycles. The Balaban J connectivity index is 2.44. The molecule has 0 aromatic heterocycles. The van der Waals surface area contributed by atoms with Crippen LogP contribution in [-0.4, -0.2) is 29.1 Å². The quantitative estimate of drug-likeness (QED) is 0.606. The van der Waals surface area contributed by atoms with E-state index in [0.717, 1.165) is 20.1 Å². The highest BCUT2D eigenvalue weighted by Gasteiger charge is 2.22. The van der Waals surface area contributed by atoms with Gasteiger partial charge in [0.1, 0.15) is 5.75 Å². The Labute approximate surface area is 159 Å². The molecular formula is C19H21Br2NO2. The Morgan fingerprint density at radius 2 is 1.71 bits per heavy atom. The minimum Gasteiger partial charge on any atom is -0.507 e. The fourth-order valence-corrected chi connectivity index (χ4v) is 3.02. The third-order valence-electron chi connectivity index (χ3n) is 3.83. The second-order valence-electron chi connectivity index (χ2n) is 6.74. The van der Waals surface area contributed by atoms with Crippen molar-refractivity contribution in [1.29, 1.82) is 0 Å². The monoisotopic (exact) mass is 453 g/mol. The van der Waals surface area contributed by atoms with Crippen LogP contribution < -0.4 is 0 Å². The van der Waals surface area contributed by atoms with E-state index in [9.17, 15) is 10.2 Å². The first-order valence-electron chi connectivity index (χ1n) is 7.65. The third kappa shape index (κ3) is 4.68. The molecule has 3 nitrogen and oxygen atoms in total. The van der Waals surface area contributed by atoms with Crippen LogP contribution in [0.5, 0.6) is 5.75 Å². The molecule has 0 unspecified atom stereocenters. The number of phenols is 1. The first kappa shape index (κ1) is 19.2. The van der Waals surface area contributed by atoms with Crippen molar-refractivity contribution in [3.63, 3.8) is 0 Å². The minimum atomic E-state index is -0.230. The highest BCUT2D eigenvalue weighted by atomic mass is 79.9. The smallest absolute Gasteiger partial charge is 0.132 e. The summed E-state index contributed by atoms with van der Waals surface area (Å²) >= 11 is 6.91. The summed E-state index contributed by atoms with van der Waals surface area (Å²) in [6.07, 6.45) is 1.63. The zero-order valence-corrected chi connectivity index (χ0v) is 17.1. The van der Waals surface area contributed by atoms with E-state index in [-0.39, 0.29) is 23.8 Å². The highest BCUT2D eigenvalue weighted by molar-refractivity contribution is 9.10. The summed E-state index contributed by atoms with van der Waals surface area (Å²) in [7, 11) is 0. The van der Waals surface area contributed by atoms with Crippen molar-refractivity contribution < 1.29 is 10.2 Å². The summed E-state index contributed by atoms with van der Waals surface area (Å²) < 4.78 is 1.84. The Morgan fingerprint density at radius 3 is 2.25 bits per heavy atom. The van der Waals surface area contributed by atoms with E-state index in [4.69, 9.17) is 0 Å².